The molecule has 108 valence electrons. The summed E-state index contributed by atoms with van der Waals surface area (Å²) in [5.41, 5.74) is 0. The second-order valence-corrected chi connectivity index (χ2v) is 8.38. The lowest BCUT2D eigenvalue weighted by atomic mass is 10.2. The summed E-state index contributed by atoms with van der Waals surface area (Å²) in [6.45, 7) is 3.18. The van der Waals surface area contributed by atoms with E-state index in [-0.39, 0.29) is 0 Å². The van der Waals surface area contributed by atoms with Crippen molar-refractivity contribution in [2.45, 2.75) is 24.3 Å². The number of halogens is 2. The van der Waals surface area contributed by atoms with Crippen LogP contribution in [0.3, 0.4) is 0 Å². The molecule has 1 aromatic carbocycles. The summed E-state index contributed by atoms with van der Waals surface area (Å²) >= 11 is 10.8. The van der Waals surface area contributed by atoms with Crippen molar-refractivity contribution in [3.8, 4) is 0 Å². The first-order chi connectivity index (χ1) is 9.67. The Morgan fingerprint density at radius 3 is 2.75 bits per heavy atom. The van der Waals surface area contributed by atoms with E-state index in [1.165, 1.54) is 14.2 Å². The Kier molecular flexibility index (Phi) is 7.11. The van der Waals surface area contributed by atoms with Gasteiger partial charge in [-0.25, -0.2) is 0 Å². The number of thioether (sulfide) groups is 1. The van der Waals surface area contributed by atoms with Gasteiger partial charge in [-0.2, -0.15) is 0 Å². The molecule has 0 aliphatic carbocycles. The van der Waals surface area contributed by atoms with Crippen molar-refractivity contribution < 1.29 is 0 Å². The second-order valence-electron chi connectivity index (χ2n) is 4.46. The summed E-state index contributed by atoms with van der Waals surface area (Å²) in [5, 5.41) is 5.74. The molecule has 2 aromatic rings. The van der Waals surface area contributed by atoms with Crippen LogP contribution in [0.4, 0.5) is 0 Å². The van der Waals surface area contributed by atoms with Crippen LogP contribution >= 0.6 is 55.0 Å². The van der Waals surface area contributed by atoms with E-state index in [2.05, 4.69) is 79.8 Å². The maximum absolute atomic E-state index is 3.58. The van der Waals surface area contributed by atoms with Gasteiger partial charge in [0.15, 0.2) is 0 Å². The lowest BCUT2D eigenvalue weighted by Crippen LogP contribution is -2.32. The van der Waals surface area contributed by atoms with Gasteiger partial charge in [0.05, 0.1) is 0 Å². The zero-order valence-electron chi connectivity index (χ0n) is 11.2. The molecule has 1 unspecified atom stereocenters. The molecule has 1 N–H and O–H groups in total. The van der Waals surface area contributed by atoms with E-state index >= 15 is 0 Å². The highest BCUT2D eigenvalue weighted by molar-refractivity contribution is 9.10. The SMILES string of the molecule is CCNC(CSc1cccc(Br)c1)Cc1cc(Br)cs1. The van der Waals surface area contributed by atoms with Gasteiger partial charge in [-0.3, -0.25) is 0 Å². The average molecular weight is 435 g/mol. The molecule has 1 nitrogen and oxygen atoms in total. The fourth-order valence-corrected chi connectivity index (χ4v) is 5.03. The molecule has 0 bridgehead atoms. The van der Waals surface area contributed by atoms with Crippen LogP contribution in [0.2, 0.25) is 0 Å². The average Bonchev–Trinajstić information content (AvgIpc) is 2.82. The standard InChI is InChI=1S/C15H17Br2NS2/c1-2-18-13(8-15-7-12(17)9-19-15)10-20-14-5-3-4-11(16)6-14/h3-7,9,13,18H,2,8,10H2,1H3. The first-order valence-electron chi connectivity index (χ1n) is 6.52. The van der Waals surface area contributed by atoms with Crippen molar-refractivity contribution in [1.82, 2.24) is 5.32 Å². The zero-order valence-corrected chi connectivity index (χ0v) is 16.0. The highest BCUT2D eigenvalue weighted by atomic mass is 79.9. The van der Waals surface area contributed by atoms with Crippen molar-refractivity contribution in [2.75, 3.05) is 12.3 Å². The fraction of sp³-hybridized carbons (Fsp3) is 0.333. The molecule has 0 amide bonds. The van der Waals surface area contributed by atoms with E-state index in [4.69, 9.17) is 0 Å². The fourth-order valence-electron chi connectivity index (χ4n) is 1.94. The van der Waals surface area contributed by atoms with Gasteiger partial charge in [0.25, 0.3) is 0 Å². The van der Waals surface area contributed by atoms with Gasteiger partial charge in [0, 0.05) is 35.9 Å². The van der Waals surface area contributed by atoms with Crippen LogP contribution in [0.25, 0.3) is 0 Å². The van der Waals surface area contributed by atoms with E-state index in [1.807, 2.05) is 23.1 Å². The first-order valence-corrected chi connectivity index (χ1v) is 9.97. The molecule has 0 aliphatic rings. The normalized spacial score (nSPS) is 12.6. The summed E-state index contributed by atoms with van der Waals surface area (Å²) in [5.74, 6) is 1.08. The molecule has 0 saturated carbocycles. The molecule has 0 aliphatic heterocycles. The van der Waals surface area contributed by atoms with E-state index in [0.717, 1.165) is 23.2 Å². The second kappa shape index (κ2) is 8.59. The topological polar surface area (TPSA) is 12.0 Å². The number of hydrogen-bond acceptors (Lipinski definition) is 3. The van der Waals surface area contributed by atoms with Gasteiger partial charge in [0.2, 0.25) is 0 Å². The molecule has 0 radical (unpaired) electrons. The Bertz CT molecular complexity index is 542. The quantitative estimate of drug-likeness (QED) is 0.570. The minimum Gasteiger partial charge on any atom is -0.313 e. The smallest absolute Gasteiger partial charge is 0.0285 e. The van der Waals surface area contributed by atoms with Gasteiger partial charge in [0.1, 0.15) is 0 Å². The molecule has 0 saturated heterocycles. The molecule has 20 heavy (non-hydrogen) atoms. The molecule has 1 heterocycles. The Labute approximate surface area is 145 Å². The van der Waals surface area contributed by atoms with E-state index in [9.17, 15) is 0 Å². The monoisotopic (exact) mass is 433 g/mol. The van der Waals surface area contributed by atoms with Crippen molar-refractivity contribution >= 4 is 55.0 Å². The highest BCUT2D eigenvalue weighted by Crippen LogP contribution is 2.25. The van der Waals surface area contributed by atoms with Gasteiger partial charge in [-0.1, -0.05) is 28.9 Å². The summed E-state index contributed by atoms with van der Waals surface area (Å²) in [4.78, 5) is 2.74. The molecule has 0 fully saturated rings. The Balaban J connectivity index is 1.91. The van der Waals surface area contributed by atoms with Gasteiger partial charge in [-0.05, 0) is 53.2 Å². The Morgan fingerprint density at radius 2 is 2.10 bits per heavy atom. The lowest BCUT2D eigenvalue weighted by molar-refractivity contribution is 0.576. The summed E-state index contributed by atoms with van der Waals surface area (Å²) in [7, 11) is 0. The summed E-state index contributed by atoms with van der Waals surface area (Å²) < 4.78 is 2.33. The van der Waals surface area contributed by atoms with Crippen LogP contribution in [-0.2, 0) is 6.42 Å². The van der Waals surface area contributed by atoms with Crippen LogP contribution in [0.5, 0.6) is 0 Å². The van der Waals surface area contributed by atoms with Gasteiger partial charge >= 0.3 is 0 Å². The molecule has 5 heteroatoms. The third kappa shape index (κ3) is 5.53. The number of hydrogen-bond donors (Lipinski definition) is 1. The Hall–Kier alpha value is 0.190. The number of rotatable bonds is 7. The number of likely N-dealkylation sites (N-methyl/N-ethyl adjacent to an activating group) is 1. The number of benzene rings is 1. The highest BCUT2D eigenvalue weighted by Gasteiger charge is 2.11. The van der Waals surface area contributed by atoms with Crippen molar-refractivity contribution in [1.29, 1.82) is 0 Å². The predicted octanol–water partition coefficient (Wildman–Crippen LogP) is 5.59. The minimum absolute atomic E-state index is 0.509. The van der Waals surface area contributed by atoms with E-state index in [0.29, 0.717) is 6.04 Å². The maximum atomic E-state index is 3.58. The first kappa shape index (κ1) is 16.6. The van der Waals surface area contributed by atoms with Crippen LogP contribution in [-0.4, -0.2) is 18.3 Å². The van der Waals surface area contributed by atoms with Crippen molar-refractivity contribution in [3.63, 3.8) is 0 Å². The maximum Gasteiger partial charge on any atom is 0.0285 e. The minimum atomic E-state index is 0.509. The molecule has 0 spiro atoms. The predicted molar refractivity (Wildman–Crippen MR) is 98.1 cm³/mol. The third-order valence-electron chi connectivity index (χ3n) is 2.81. The molecule has 1 aromatic heterocycles. The van der Waals surface area contributed by atoms with Crippen molar-refractivity contribution in [3.05, 3.63) is 49.5 Å². The van der Waals surface area contributed by atoms with E-state index < -0.39 is 0 Å². The zero-order chi connectivity index (χ0) is 14.4. The van der Waals surface area contributed by atoms with Gasteiger partial charge < -0.3 is 5.32 Å². The number of nitrogens with one attached hydrogen (secondary N) is 1. The number of thiophene rings is 1. The largest absolute Gasteiger partial charge is 0.313 e. The van der Waals surface area contributed by atoms with Gasteiger partial charge in [-0.15, -0.1) is 23.1 Å². The third-order valence-corrected chi connectivity index (χ3v) is 6.18. The molecule has 2 rings (SSSR count). The Morgan fingerprint density at radius 1 is 1.25 bits per heavy atom. The van der Waals surface area contributed by atoms with Crippen LogP contribution in [0.15, 0.2) is 49.6 Å². The molecular weight excluding hydrogens is 418 g/mol. The summed E-state index contributed by atoms with van der Waals surface area (Å²) in [6, 6.07) is 11.2. The van der Waals surface area contributed by atoms with Crippen LogP contribution < -0.4 is 5.32 Å². The van der Waals surface area contributed by atoms with Crippen LogP contribution in [0, 0.1) is 0 Å². The van der Waals surface area contributed by atoms with E-state index in [1.54, 1.807) is 0 Å². The summed E-state index contributed by atoms with van der Waals surface area (Å²) in [6.07, 6.45) is 1.09. The van der Waals surface area contributed by atoms with Crippen LogP contribution in [0.1, 0.15) is 11.8 Å². The molecule has 1 atom stereocenters. The van der Waals surface area contributed by atoms with Crippen molar-refractivity contribution in [2.24, 2.45) is 0 Å². The molecular formula is C15H17Br2NS2. The lowest BCUT2D eigenvalue weighted by Gasteiger charge is -2.16.